The maximum atomic E-state index is 13.1. The molecule has 0 amide bonds. The molecule has 2 rings (SSSR count). The molecule has 1 aromatic carbocycles. The Hall–Kier alpha value is -1.21. The zero-order valence-corrected chi connectivity index (χ0v) is 9.81. The highest BCUT2D eigenvalue weighted by atomic mass is 19.4. The SMILES string of the molecule is FC(F)(F)C(F)(F)c1ccc(C2CNCCO2)cc1. The van der Waals surface area contributed by atoms with Gasteiger partial charge < -0.3 is 10.1 Å². The normalized spacial score (nSPS) is 21.4. The van der Waals surface area contributed by atoms with E-state index in [4.69, 9.17) is 4.74 Å². The summed E-state index contributed by atoms with van der Waals surface area (Å²) in [6.45, 7) is 1.68. The van der Waals surface area contributed by atoms with Gasteiger partial charge in [0.2, 0.25) is 0 Å². The molecule has 0 bridgehead atoms. The zero-order valence-electron chi connectivity index (χ0n) is 9.81. The molecular formula is C12H12F5NO. The fourth-order valence-corrected chi connectivity index (χ4v) is 1.85. The van der Waals surface area contributed by atoms with Crippen molar-refractivity contribution >= 4 is 0 Å². The monoisotopic (exact) mass is 281 g/mol. The molecule has 1 aliphatic heterocycles. The number of benzene rings is 1. The summed E-state index contributed by atoms with van der Waals surface area (Å²) in [4.78, 5) is 0. The molecule has 0 aromatic heterocycles. The molecule has 0 radical (unpaired) electrons. The van der Waals surface area contributed by atoms with Gasteiger partial charge in [-0.05, 0) is 5.56 Å². The number of morpholine rings is 1. The lowest BCUT2D eigenvalue weighted by Crippen LogP contribution is -2.34. The van der Waals surface area contributed by atoms with Crippen LogP contribution in [-0.4, -0.2) is 25.9 Å². The van der Waals surface area contributed by atoms with Gasteiger partial charge in [0.05, 0.1) is 12.7 Å². The first kappa shape index (κ1) is 14.2. The second kappa shape index (κ2) is 5.05. The highest BCUT2D eigenvalue weighted by Crippen LogP contribution is 2.43. The first-order valence-electron chi connectivity index (χ1n) is 5.69. The molecule has 0 aliphatic carbocycles. The highest BCUT2D eigenvalue weighted by Gasteiger charge is 2.58. The van der Waals surface area contributed by atoms with Crippen LogP contribution in [0.5, 0.6) is 0 Å². The fraction of sp³-hybridized carbons (Fsp3) is 0.500. The molecule has 1 atom stereocenters. The van der Waals surface area contributed by atoms with Gasteiger partial charge in [-0.1, -0.05) is 24.3 Å². The average Bonchev–Trinajstić information content (AvgIpc) is 2.39. The first-order valence-corrected chi connectivity index (χ1v) is 5.69. The minimum atomic E-state index is -5.59. The van der Waals surface area contributed by atoms with Gasteiger partial charge >= 0.3 is 12.1 Å². The van der Waals surface area contributed by atoms with E-state index in [1.54, 1.807) is 0 Å². The molecule has 2 nitrogen and oxygen atoms in total. The third-order valence-corrected chi connectivity index (χ3v) is 2.93. The van der Waals surface area contributed by atoms with Crippen LogP contribution in [0.25, 0.3) is 0 Å². The average molecular weight is 281 g/mol. The second-order valence-electron chi connectivity index (χ2n) is 4.26. The van der Waals surface area contributed by atoms with E-state index in [1.165, 1.54) is 12.1 Å². The van der Waals surface area contributed by atoms with Crippen molar-refractivity contribution in [1.29, 1.82) is 0 Å². The number of hydrogen-bond acceptors (Lipinski definition) is 2. The third-order valence-electron chi connectivity index (χ3n) is 2.93. The number of alkyl halides is 5. The molecule has 1 unspecified atom stereocenters. The summed E-state index contributed by atoms with van der Waals surface area (Å²) < 4.78 is 68.1. The number of rotatable bonds is 2. The summed E-state index contributed by atoms with van der Waals surface area (Å²) in [7, 11) is 0. The fourth-order valence-electron chi connectivity index (χ4n) is 1.85. The Labute approximate surface area is 106 Å². The summed E-state index contributed by atoms with van der Waals surface area (Å²) >= 11 is 0. The quantitative estimate of drug-likeness (QED) is 0.841. The largest absolute Gasteiger partial charge is 0.458 e. The number of ether oxygens (including phenoxy) is 1. The van der Waals surface area contributed by atoms with Gasteiger partial charge in [0.15, 0.2) is 0 Å². The number of halogens is 5. The van der Waals surface area contributed by atoms with Crippen LogP contribution in [-0.2, 0) is 10.7 Å². The molecule has 106 valence electrons. The van der Waals surface area contributed by atoms with E-state index >= 15 is 0 Å². The van der Waals surface area contributed by atoms with Gasteiger partial charge in [-0.15, -0.1) is 0 Å². The van der Waals surface area contributed by atoms with E-state index in [9.17, 15) is 22.0 Å². The number of nitrogens with one attached hydrogen (secondary N) is 1. The van der Waals surface area contributed by atoms with Crippen LogP contribution in [0.1, 0.15) is 17.2 Å². The lowest BCUT2D eigenvalue weighted by atomic mass is 10.0. The van der Waals surface area contributed by atoms with Crippen LogP contribution in [0.4, 0.5) is 22.0 Å². The molecular weight excluding hydrogens is 269 g/mol. The van der Waals surface area contributed by atoms with Crippen LogP contribution in [0.2, 0.25) is 0 Å². The molecule has 1 aromatic rings. The summed E-state index contributed by atoms with van der Waals surface area (Å²) in [5, 5.41) is 3.05. The Morgan fingerprint density at radius 3 is 2.16 bits per heavy atom. The molecule has 1 N–H and O–H groups in total. The van der Waals surface area contributed by atoms with Crippen molar-refractivity contribution in [3.8, 4) is 0 Å². The lowest BCUT2D eigenvalue weighted by molar-refractivity contribution is -0.289. The van der Waals surface area contributed by atoms with E-state index in [0.29, 0.717) is 25.3 Å². The summed E-state index contributed by atoms with van der Waals surface area (Å²) in [6.07, 6.45) is -5.90. The topological polar surface area (TPSA) is 21.3 Å². The lowest BCUT2D eigenvalue weighted by Gasteiger charge is -2.25. The van der Waals surface area contributed by atoms with Crippen molar-refractivity contribution in [3.63, 3.8) is 0 Å². The van der Waals surface area contributed by atoms with Crippen molar-refractivity contribution in [2.75, 3.05) is 19.7 Å². The minimum absolute atomic E-state index is 0.317. The van der Waals surface area contributed by atoms with Crippen LogP contribution < -0.4 is 5.32 Å². The van der Waals surface area contributed by atoms with Crippen LogP contribution in [0.15, 0.2) is 24.3 Å². The summed E-state index contributed by atoms with van der Waals surface area (Å²) in [5.41, 5.74) is -0.485. The molecule has 0 spiro atoms. The van der Waals surface area contributed by atoms with Gasteiger partial charge in [0.25, 0.3) is 0 Å². The van der Waals surface area contributed by atoms with E-state index in [2.05, 4.69) is 5.32 Å². The van der Waals surface area contributed by atoms with Gasteiger partial charge in [0, 0.05) is 18.7 Å². The van der Waals surface area contributed by atoms with Crippen molar-refractivity contribution < 1.29 is 26.7 Å². The molecule has 1 heterocycles. The summed E-state index contributed by atoms with van der Waals surface area (Å²) in [6, 6.07) is 4.07. The first-order chi connectivity index (χ1) is 8.82. The van der Waals surface area contributed by atoms with Gasteiger partial charge in [-0.25, -0.2) is 0 Å². The molecule has 7 heteroatoms. The maximum absolute atomic E-state index is 13.1. The summed E-state index contributed by atoms with van der Waals surface area (Å²) in [5.74, 6) is -4.84. The Kier molecular flexibility index (Phi) is 3.78. The maximum Gasteiger partial charge on any atom is 0.458 e. The number of hydrogen-bond donors (Lipinski definition) is 1. The highest BCUT2D eigenvalue weighted by molar-refractivity contribution is 5.28. The van der Waals surface area contributed by atoms with E-state index < -0.39 is 17.7 Å². The molecule has 0 saturated carbocycles. The Morgan fingerprint density at radius 1 is 1.05 bits per heavy atom. The van der Waals surface area contributed by atoms with Crippen LogP contribution >= 0.6 is 0 Å². The smallest absolute Gasteiger partial charge is 0.371 e. The molecule has 1 saturated heterocycles. The zero-order chi connectivity index (χ0) is 14.1. The standard InChI is InChI=1S/C12H12F5NO/c13-11(14,12(15,16)17)9-3-1-8(2-4-9)10-7-18-5-6-19-10/h1-4,10,18H,5-7H2. The Bertz CT molecular complexity index is 423. The van der Waals surface area contributed by atoms with Crippen LogP contribution in [0.3, 0.4) is 0 Å². The van der Waals surface area contributed by atoms with Gasteiger partial charge in [0.1, 0.15) is 0 Å². The Morgan fingerprint density at radius 2 is 1.68 bits per heavy atom. The minimum Gasteiger partial charge on any atom is -0.371 e. The molecule has 19 heavy (non-hydrogen) atoms. The van der Waals surface area contributed by atoms with E-state index in [0.717, 1.165) is 12.1 Å². The predicted octanol–water partition coefficient (Wildman–Crippen LogP) is 3.00. The molecule has 1 aliphatic rings. The third kappa shape index (κ3) is 2.87. The van der Waals surface area contributed by atoms with Crippen molar-refractivity contribution in [1.82, 2.24) is 5.32 Å². The van der Waals surface area contributed by atoms with Crippen LogP contribution in [0, 0.1) is 0 Å². The van der Waals surface area contributed by atoms with Crippen molar-refractivity contribution in [2.24, 2.45) is 0 Å². The van der Waals surface area contributed by atoms with Crippen molar-refractivity contribution in [3.05, 3.63) is 35.4 Å². The Balaban J connectivity index is 2.18. The van der Waals surface area contributed by atoms with Gasteiger partial charge in [-0.2, -0.15) is 22.0 Å². The van der Waals surface area contributed by atoms with Crippen molar-refractivity contribution in [2.45, 2.75) is 18.2 Å². The predicted molar refractivity (Wildman–Crippen MR) is 58.0 cm³/mol. The second-order valence-corrected chi connectivity index (χ2v) is 4.26. The van der Waals surface area contributed by atoms with E-state index in [1.807, 2.05) is 0 Å². The van der Waals surface area contributed by atoms with Gasteiger partial charge in [-0.3, -0.25) is 0 Å². The van der Waals surface area contributed by atoms with E-state index in [-0.39, 0.29) is 6.10 Å². The molecule has 1 fully saturated rings.